The van der Waals surface area contributed by atoms with E-state index in [1.807, 2.05) is 0 Å². The van der Waals surface area contributed by atoms with Gasteiger partial charge in [-0.15, -0.1) is 0 Å². The van der Waals surface area contributed by atoms with Crippen LogP contribution in [0.4, 0.5) is 8.78 Å². The van der Waals surface area contributed by atoms with E-state index in [0.717, 1.165) is 0 Å². The average molecular weight is 261 g/mol. The molecule has 0 atom stereocenters. The molecule has 0 unspecified atom stereocenters. The molecule has 0 spiro atoms. The summed E-state index contributed by atoms with van der Waals surface area (Å²) in [6.45, 7) is 1.85. The maximum atomic E-state index is 13.4. The number of methoxy groups -OCH3 is 3. The summed E-state index contributed by atoms with van der Waals surface area (Å²) in [5.41, 5.74) is 0.422. The van der Waals surface area contributed by atoms with Crippen molar-refractivity contribution >= 4 is 0 Å². The first kappa shape index (κ1) is 14.8. The number of rotatable bonds is 6. The topological polar surface area (TPSA) is 39.7 Å². The van der Waals surface area contributed by atoms with Gasteiger partial charge in [-0.25, -0.2) is 8.78 Å². The molecule has 0 amide bonds. The Morgan fingerprint density at radius 2 is 1.61 bits per heavy atom. The lowest BCUT2D eigenvalue weighted by molar-refractivity contribution is -0.215. The number of nitrogens with one attached hydrogen (secondary N) is 1. The first-order valence-electron chi connectivity index (χ1n) is 5.33. The van der Waals surface area contributed by atoms with Crippen LogP contribution < -0.4 is 10.1 Å². The summed E-state index contributed by atoms with van der Waals surface area (Å²) < 4.78 is 41.6. The largest absolute Gasteiger partial charge is 0.491 e. The molecular weight excluding hydrogens is 244 g/mol. The normalized spacial score (nSPS) is 11.7. The monoisotopic (exact) mass is 261 g/mol. The molecule has 1 rings (SSSR count). The standard InChI is InChI=1S/C12H17F2NO3/c1-12(17-3,18-4)15-7-8-5-9(13)11(16-2)10(14)6-8/h5-6,15H,7H2,1-4H3. The van der Waals surface area contributed by atoms with E-state index in [0.29, 0.717) is 5.56 Å². The van der Waals surface area contributed by atoms with Gasteiger partial charge in [0.15, 0.2) is 17.4 Å². The van der Waals surface area contributed by atoms with E-state index in [9.17, 15) is 8.78 Å². The van der Waals surface area contributed by atoms with Crippen molar-refractivity contribution in [2.24, 2.45) is 0 Å². The van der Waals surface area contributed by atoms with Crippen LogP contribution in [0.5, 0.6) is 5.75 Å². The van der Waals surface area contributed by atoms with Gasteiger partial charge in [0.05, 0.1) is 7.11 Å². The van der Waals surface area contributed by atoms with Gasteiger partial charge in [-0.2, -0.15) is 0 Å². The molecule has 1 aromatic rings. The van der Waals surface area contributed by atoms with Crippen LogP contribution in [0.1, 0.15) is 12.5 Å². The summed E-state index contributed by atoms with van der Waals surface area (Å²) in [7, 11) is 4.14. The fourth-order valence-corrected chi connectivity index (χ4v) is 1.40. The molecule has 1 N–H and O–H groups in total. The van der Waals surface area contributed by atoms with Crippen LogP contribution in [0.15, 0.2) is 12.1 Å². The third-order valence-electron chi connectivity index (χ3n) is 2.65. The highest BCUT2D eigenvalue weighted by Gasteiger charge is 2.22. The number of hydrogen-bond acceptors (Lipinski definition) is 4. The first-order valence-corrected chi connectivity index (χ1v) is 5.33. The molecule has 0 fully saturated rings. The van der Waals surface area contributed by atoms with Crippen molar-refractivity contribution in [1.82, 2.24) is 5.32 Å². The van der Waals surface area contributed by atoms with Gasteiger partial charge in [-0.05, 0) is 17.7 Å². The van der Waals surface area contributed by atoms with Crippen molar-refractivity contribution in [3.05, 3.63) is 29.3 Å². The third-order valence-corrected chi connectivity index (χ3v) is 2.65. The number of halogens is 2. The lowest BCUT2D eigenvalue weighted by Gasteiger charge is -2.27. The highest BCUT2D eigenvalue weighted by molar-refractivity contribution is 5.31. The lowest BCUT2D eigenvalue weighted by Crippen LogP contribution is -2.45. The number of ether oxygens (including phenoxy) is 3. The second-order valence-electron chi connectivity index (χ2n) is 3.80. The molecule has 4 nitrogen and oxygen atoms in total. The zero-order valence-corrected chi connectivity index (χ0v) is 10.8. The molecule has 0 heterocycles. The van der Waals surface area contributed by atoms with Crippen molar-refractivity contribution in [2.75, 3.05) is 21.3 Å². The first-order chi connectivity index (χ1) is 8.45. The Hall–Kier alpha value is -1.24. The van der Waals surface area contributed by atoms with Crippen LogP contribution in [0.2, 0.25) is 0 Å². The molecule has 6 heteroatoms. The van der Waals surface area contributed by atoms with Crippen LogP contribution in [0.25, 0.3) is 0 Å². The minimum absolute atomic E-state index is 0.190. The molecule has 0 saturated carbocycles. The molecule has 0 aromatic heterocycles. The molecule has 0 aliphatic carbocycles. The zero-order valence-electron chi connectivity index (χ0n) is 10.8. The molecule has 0 bridgehead atoms. The van der Waals surface area contributed by atoms with Gasteiger partial charge in [0, 0.05) is 27.7 Å². The van der Waals surface area contributed by atoms with Gasteiger partial charge in [-0.1, -0.05) is 0 Å². The number of hydrogen-bond donors (Lipinski definition) is 1. The van der Waals surface area contributed by atoms with E-state index in [1.165, 1.54) is 33.5 Å². The molecule has 0 aliphatic heterocycles. The highest BCUT2D eigenvalue weighted by Crippen LogP contribution is 2.23. The molecule has 0 radical (unpaired) electrons. The average Bonchev–Trinajstić information content (AvgIpc) is 2.36. The second kappa shape index (κ2) is 6.08. The Balaban J connectivity index is 2.81. The quantitative estimate of drug-likeness (QED) is 0.795. The molecule has 0 aliphatic rings. The van der Waals surface area contributed by atoms with E-state index in [2.05, 4.69) is 10.1 Å². The van der Waals surface area contributed by atoms with Crippen molar-refractivity contribution in [3.63, 3.8) is 0 Å². The van der Waals surface area contributed by atoms with Gasteiger partial charge in [0.2, 0.25) is 5.91 Å². The Kier molecular flexibility index (Phi) is 5.01. The smallest absolute Gasteiger partial charge is 0.224 e. The van der Waals surface area contributed by atoms with Gasteiger partial charge in [0.1, 0.15) is 0 Å². The number of benzene rings is 1. The predicted octanol–water partition coefficient (Wildman–Crippen LogP) is 2.03. The van der Waals surface area contributed by atoms with Gasteiger partial charge in [0.25, 0.3) is 0 Å². The van der Waals surface area contributed by atoms with Gasteiger partial charge >= 0.3 is 0 Å². The summed E-state index contributed by atoms with van der Waals surface area (Å²) in [5, 5.41) is 2.89. The Morgan fingerprint density at radius 3 is 2.00 bits per heavy atom. The maximum Gasteiger partial charge on any atom is 0.224 e. The van der Waals surface area contributed by atoms with Crippen LogP contribution in [-0.4, -0.2) is 27.2 Å². The van der Waals surface area contributed by atoms with E-state index < -0.39 is 17.5 Å². The summed E-state index contributed by atoms with van der Waals surface area (Å²) in [5.74, 6) is -2.89. The van der Waals surface area contributed by atoms with E-state index >= 15 is 0 Å². The Morgan fingerprint density at radius 1 is 1.11 bits per heavy atom. The molecule has 102 valence electrons. The van der Waals surface area contributed by atoms with Gasteiger partial charge in [-0.3, -0.25) is 5.32 Å². The van der Waals surface area contributed by atoms with Crippen molar-refractivity contribution < 1.29 is 23.0 Å². The minimum atomic E-state index is -1.01. The van der Waals surface area contributed by atoms with Crippen molar-refractivity contribution in [1.29, 1.82) is 0 Å². The van der Waals surface area contributed by atoms with E-state index in [4.69, 9.17) is 9.47 Å². The van der Waals surface area contributed by atoms with E-state index in [1.54, 1.807) is 6.92 Å². The van der Waals surface area contributed by atoms with Crippen LogP contribution in [-0.2, 0) is 16.0 Å². The third kappa shape index (κ3) is 3.38. The van der Waals surface area contributed by atoms with Crippen molar-refractivity contribution in [2.45, 2.75) is 19.4 Å². The fourth-order valence-electron chi connectivity index (χ4n) is 1.40. The van der Waals surface area contributed by atoms with E-state index in [-0.39, 0.29) is 12.3 Å². The van der Waals surface area contributed by atoms with Crippen LogP contribution in [0, 0.1) is 11.6 Å². The summed E-state index contributed by atoms with van der Waals surface area (Å²) in [6, 6.07) is 2.39. The Bertz CT molecular complexity index is 385. The zero-order chi connectivity index (χ0) is 13.8. The fraction of sp³-hybridized carbons (Fsp3) is 0.500. The Labute approximate surface area is 105 Å². The van der Waals surface area contributed by atoms with Gasteiger partial charge < -0.3 is 14.2 Å². The minimum Gasteiger partial charge on any atom is -0.491 e. The van der Waals surface area contributed by atoms with Crippen LogP contribution >= 0.6 is 0 Å². The summed E-state index contributed by atoms with van der Waals surface area (Å²) in [4.78, 5) is 0. The van der Waals surface area contributed by atoms with Crippen LogP contribution in [0.3, 0.4) is 0 Å². The molecule has 1 aromatic carbocycles. The molecule has 0 saturated heterocycles. The predicted molar refractivity (Wildman–Crippen MR) is 62.2 cm³/mol. The second-order valence-corrected chi connectivity index (χ2v) is 3.80. The lowest BCUT2D eigenvalue weighted by atomic mass is 10.2. The molecule has 18 heavy (non-hydrogen) atoms. The summed E-state index contributed by atoms with van der Waals surface area (Å²) in [6.07, 6.45) is 0. The highest BCUT2D eigenvalue weighted by atomic mass is 19.1. The summed E-state index contributed by atoms with van der Waals surface area (Å²) >= 11 is 0. The SMILES string of the molecule is COc1c(F)cc(CNC(C)(OC)OC)cc1F. The van der Waals surface area contributed by atoms with Crippen molar-refractivity contribution in [3.8, 4) is 5.75 Å². The molecular formula is C12H17F2NO3. The maximum absolute atomic E-state index is 13.4.